The zero-order valence-corrected chi connectivity index (χ0v) is 12.0. The Bertz CT molecular complexity index is 329. The lowest BCUT2D eigenvalue weighted by Crippen LogP contribution is -2.48. The lowest BCUT2D eigenvalue weighted by Gasteiger charge is -2.29. The summed E-state index contributed by atoms with van der Waals surface area (Å²) in [6.45, 7) is 10.2. The minimum atomic E-state index is -0.943. The second kappa shape index (κ2) is 6.23. The molecule has 1 unspecified atom stereocenters. The van der Waals surface area contributed by atoms with Gasteiger partial charge in [0.05, 0.1) is 5.70 Å². The fraction of sp³-hybridized carbons (Fsp3) is 0.786. The topological polar surface area (TPSA) is 61.4 Å². The smallest absolute Gasteiger partial charge is 0.215 e. The number of rotatable bonds is 7. The van der Waals surface area contributed by atoms with Crippen LogP contribution in [0, 0.1) is 5.41 Å². The number of carbonyl (C=O) groups excluding carboxylic acids is 1. The third-order valence-corrected chi connectivity index (χ3v) is 3.06. The molecule has 0 heterocycles. The van der Waals surface area contributed by atoms with Crippen LogP contribution in [0.2, 0.25) is 0 Å². The van der Waals surface area contributed by atoms with Crippen molar-refractivity contribution >= 4 is 5.78 Å². The van der Waals surface area contributed by atoms with Gasteiger partial charge in [0.15, 0.2) is 6.10 Å². The molecule has 0 aromatic heterocycles. The molecule has 4 heteroatoms. The minimum absolute atomic E-state index is 0.200. The molecule has 0 spiro atoms. The molecule has 0 saturated heterocycles. The van der Waals surface area contributed by atoms with Crippen LogP contribution < -0.4 is 10.6 Å². The average Bonchev–Trinajstić information content (AvgIpc) is 2.29. The van der Waals surface area contributed by atoms with E-state index < -0.39 is 6.10 Å². The lowest BCUT2D eigenvalue weighted by molar-refractivity contribution is -0.125. The number of nitrogens with one attached hydrogen (secondary N) is 2. The van der Waals surface area contributed by atoms with Crippen LogP contribution in [0.5, 0.6) is 0 Å². The van der Waals surface area contributed by atoms with E-state index in [2.05, 4.69) is 31.4 Å². The second-order valence-corrected chi connectivity index (χ2v) is 6.03. The zero-order chi connectivity index (χ0) is 13.8. The third-order valence-electron chi connectivity index (χ3n) is 3.06. The van der Waals surface area contributed by atoms with Crippen LogP contribution in [0.4, 0.5) is 0 Å². The normalized spacial score (nSPS) is 19.8. The summed E-state index contributed by atoms with van der Waals surface area (Å²) in [4.78, 5) is 11.4. The number of Topliss-reactive ketones (excluding diaryl/α,β-unsaturated/α-hetero) is 1. The summed E-state index contributed by atoms with van der Waals surface area (Å²) in [6.07, 6.45) is 2.46. The molecule has 0 aliphatic heterocycles. The van der Waals surface area contributed by atoms with Gasteiger partial charge in [-0.25, -0.2) is 0 Å². The number of carbonyl (C=O) groups is 1. The van der Waals surface area contributed by atoms with E-state index in [-0.39, 0.29) is 5.78 Å². The highest BCUT2D eigenvalue weighted by Gasteiger charge is 2.37. The van der Waals surface area contributed by atoms with Crippen molar-refractivity contribution in [2.24, 2.45) is 5.41 Å². The van der Waals surface area contributed by atoms with Crippen molar-refractivity contribution in [2.75, 3.05) is 13.1 Å². The predicted octanol–water partition coefficient (Wildman–Crippen LogP) is 1.56. The van der Waals surface area contributed by atoms with Crippen LogP contribution in [0.3, 0.4) is 0 Å². The standard InChI is InChI=1S/C14H26N2O2/c1-5-15-10-11(13(18)12(10)17)16-9-7-6-8-14(2,3)4/h13,15-16,18H,5-9H2,1-4H3. The molecule has 0 radical (unpaired) electrons. The van der Waals surface area contributed by atoms with Gasteiger partial charge in [0.25, 0.3) is 0 Å². The van der Waals surface area contributed by atoms with Gasteiger partial charge in [0.1, 0.15) is 5.70 Å². The van der Waals surface area contributed by atoms with E-state index in [4.69, 9.17) is 0 Å². The highest BCUT2D eigenvalue weighted by Crippen LogP contribution is 2.22. The number of unbranched alkanes of at least 4 members (excludes halogenated alkanes) is 1. The van der Waals surface area contributed by atoms with Crippen molar-refractivity contribution in [3.63, 3.8) is 0 Å². The Balaban J connectivity index is 2.28. The Hall–Kier alpha value is -1.03. The summed E-state index contributed by atoms with van der Waals surface area (Å²) in [5, 5.41) is 15.7. The van der Waals surface area contributed by atoms with Crippen molar-refractivity contribution in [2.45, 2.75) is 53.1 Å². The predicted molar refractivity (Wildman–Crippen MR) is 73.0 cm³/mol. The van der Waals surface area contributed by atoms with Crippen LogP contribution in [0.25, 0.3) is 0 Å². The van der Waals surface area contributed by atoms with Crippen LogP contribution in [-0.4, -0.2) is 30.1 Å². The number of ketones is 1. The number of aliphatic hydroxyl groups excluding tert-OH is 1. The van der Waals surface area contributed by atoms with E-state index in [1.165, 1.54) is 6.42 Å². The highest BCUT2D eigenvalue weighted by atomic mass is 16.3. The zero-order valence-electron chi connectivity index (χ0n) is 12.0. The van der Waals surface area contributed by atoms with Crippen molar-refractivity contribution in [3.8, 4) is 0 Å². The molecule has 0 bridgehead atoms. The van der Waals surface area contributed by atoms with E-state index in [1.807, 2.05) is 6.92 Å². The van der Waals surface area contributed by atoms with Crippen LogP contribution in [0.15, 0.2) is 11.4 Å². The first kappa shape index (κ1) is 15.0. The number of aliphatic hydroxyl groups is 1. The quantitative estimate of drug-likeness (QED) is 0.603. The maximum absolute atomic E-state index is 11.4. The van der Waals surface area contributed by atoms with Crippen LogP contribution in [-0.2, 0) is 4.79 Å². The summed E-state index contributed by atoms with van der Waals surface area (Å²) in [7, 11) is 0. The molecule has 1 rings (SSSR count). The van der Waals surface area contributed by atoms with Gasteiger partial charge in [-0.1, -0.05) is 27.2 Å². The Morgan fingerprint density at radius 1 is 1.22 bits per heavy atom. The SMILES string of the molecule is CCNC1=C(NCCCCC(C)(C)C)C(O)C1=O. The maximum Gasteiger partial charge on any atom is 0.215 e. The maximum atomic E-state index is 11.4. The van der Waals surface area contributed by atoms with Crippen LogP contribution in [0.1, 0.15) is 47.0 Å². The average molecular weight is 254 g/mol. The summed E-state index contributed by atoms with van der Waals surface area (Å²) in [5.41, 5.74) is 1.60. The molecule has 4 nitrogen and oxygen atoms in total. The Labute approximate surface area is 110 Å². The van der Waals surface area contributed by atoms with E-state index in [0.717, 1.165) is 19.4 Å². The van der Waals surface area contributed by atoms with Crippen LogP contribution >= 0.6 is 0 Å². The molecule has 0 fully saturated rings. The summed E-state index contributed by atoms with van der Waals surface area (Å²) < 4.78 is 0. The van der Waals surface area contributed by atoms with Gasteiger partial charge >= 0.3 is 0 Å². The Morgan fingerprint density at radius 2 is 1.89 bits per heavy atom. The van der Waals surface area contributed by atoms with Crippen molar-refractivity contribution in [1.29, 1.82) is 0 Å². The summed E-state index contributed by atoms with van der Waals surface area (Å²) >= 11 is 0. The van der Waals surface area contributed by atoms with Gasteiger partial charge in [-0.2, -0.15) is 0 Å². The summed E-state index contributed by atoms with van der Waals surface area (Å²) in [6, 6.07) is 0. The van der Waals surface area contributed by atoms with Crippen molar-refractivity contribution in [1.82, 2.24) is 10.6 Å². The molecule has 18 heavy (non-hydrogen) atoms. The molecular formula is C14H26N2O2. The third kappa shape index (κ3) is 4.02. The largest absolute Gasteiger partial charge is 0.384 e. The van der Waals surface area contributed by atoms with E-state index in [1.54, 1.807) is 0 Å². The highest BCUT2D eigenvalue weighted by molar-refractivity contribution is 6.07. The summed E-state index contributed by atoms with van der Waals surface area (Å²) in [5.74, 6) is -0.200. The van der Waals surface area contributed by atoms with Gasteiger partial charge in [-0.3, -0.25) is 4.79 Å². The van der Waals surface area contributed by atoms with E-state index >= 15 is 0 Å². The minimum Gasteiger partial charge on any atom is -0.384 e. The molecule has 1 aliphatic carbocycles. The van der Waals surface area contributed by atoms with Gasteiger partial charge in [0.2, 0.25) is 5.78 Å². The van der Waals surface area contributed by atoms with Crippen molar-refractivity contribution < 1.29 is 9.90 Å². The molecule has 3 N–H and O–H groups in total. The molecule has 104 valence electrons. The molecule has 0 amide bonds. The number of likely N-dealkylation sites (N-methyl/N-ethyl adjacent to an activating group) is 1. The van der Waals surface area contributed by atoms with Gasteiger partial charge in [-0.05, 0) is 25.2 Å². The lowest BCUT2D eigenvalue weighted by atomic mass is 9.90. The van der Waals surface area contributed by atoms with E-state index in [9.17, 15) is 9.90 Å². The van der Waals surface area contributed by atoms with Gasteiger partial charge in [-0.15, -0.1) is 0 Å². The Morgan fingerprint density at radius 3 is 2.44 bits per heavy atom. The first-order chi connectivity index (χ1) is 8.37. The van der Waals surface area contributed by atoms with Gasteiger partial charge < -0.3 is 15.7 Å². The molecule has 0 saturated carbocycles. The molecule has 1 atom stereocenters. The van der Waals surface area contributed by atoms with Crippen molar-refractivity contribution in [3.05, 3.63) is 11.4 Å². The second-order valence-electron chi connectivity index (χ2n) is 6.03. The first-order valence-electron chi connectivity index (χ1n) is 6.81. The first-order valence-corrected chi connectivity index (χ1v) is 6.81. The van der Waals surface area contributed by atoms with Gasteiger partial charge in [0, 0.05) is 13.1 Å². The molecule has 0 aromatic carbocycles. The Kier molecular flexibility index (Phi) is 5.20. The molecular weight excluding hydrogens is 228 g/mol. The molecule has 1 aliphatic rings. The monoisotopic (exact) mass is 254 g/mol. The molecule has 0 aromatic rings. The van der Waals surface area contributed by atoms with E-state index in [0.29, 0.717) is 23.4 Å². The number of hydrogen-bond acceptors (Lipinski definition) is 4. The number of hydrogen-bond donors (Lipinski definition) is 3. The fourth-order valence-corrected chi connectivity index (χ4v) is 2.01. The fourth-order valence-electron chi connectivity index (χ4n) is 2.01.